The number of fused-ring (bicyclic) bond motifs is 1. The number of allylic oxidation sites excluding steroid dienone is 3. The van der Waals surface area contributed by atoms with Crippen LogP contribution in [-0.4, -0.2) is 36.4 Å². The number of benzene rings is 2. The fourth-order valence-electron chi connectivity index (χ4n) is 5.04. The van der Waals surface area contributed by atoms with Gasteiger partial charge in [-0.05, 0) is 86.1 Å². The molecule has 6 heteroatoms. The van der Waals surface area contributed by atoms with Gasteiger partial charge in [0.2, 0.25) is 5.78 Å². The topological polar surface area (TPSA) is 74.5 Å². The van der Waals surface area contributed by atoms with E-state index in [0.29, 0.717) is 25.0 Å². The van der Waals surface area contributed by atoms with Gasteiger partial charge in [-0.2, -0.15) is 0 Å². The van der Waals surface area contributed by atoms with Crippen molar-refractivity contribution in [3.63, 3.8) is 0 Å². The Labute approximate surface area is 212 Å². The van der Waals surface area contributed by atoms with E-state index in [1.165, 1.54) is 17.7 Å². The lowest BCUT2D eigenvalue weighted by molar-refractivity contribution is -0.114. The predicted molar refractivity (Wildman–Crippen MR) is 145 cm³/mol. The van der Waals surface area contributed by atoms with Crippen LogP contribution >= 0.6 is 0 Å². The quantitative estimate of drug-likeness (QED) is 0.438. The number of aliphatic imine (C=N–C) groups is 1. The minimum absolute atomic E-state index is 0.00763. The number of carbonyl (C=O) groups is 1. The zero-order valence-corrected chi connectivity index (χ0v) is 21.5. The second kappa shape index (κ2) is 11.0. The second-order valence-corrected chi connectivity index (χ2v) is 9.47. The summed E-state index contributed by atoms with van der Waals surface area (Å²) in [7, 11) is 1.63. The molecule has 0 amide bonds. The molecule has 1 heterocycles. The Morgan fingerprint density at radius 2 is 2.03 bits per heavy atom. The van der Waals surface area contributed by atoms with E-state index in [1.54, 1.807) is 7.11 Å². The first-order valence-corrected chi connectivity index (χ1v) is 12.6. The van der Waals surface area contributed by atoms with Crippen LogP contribution in [0.1, 0.15) is 57.1 Å². The van der Waals surface area contributed by atoms with Gasteiger partial charge in [0.15, 0.2) is 0 Å². The van der Waals surface area contributed by atoms with Gasteiger partial charge in [0.1, 0.15) is 17.6 Å². The molecular weight excluding hydrogens is 453 g/mol. The molecule has 2 aliphatic rings. The molecule has 0 aromatic heterocycles. The summed E-state index contributed by atoms with van der Waals surface area (Å²) in [6.07, 6.45) is 9.58. The first-order valence-electron chi connectivity index (χ1n) is 12.6. The van der Waals surface area contributed by atoms with Gasteiger partial charge in [-0.25, -0.2) is 4.39 Å². The minimum atomic E-state index is -0.538. The summed E-state index contributed by atoms with van der Waals surface area (Å²) in [5.74, 6) is 0.169. The number of halogens is 1. The van der Waals surface area contributed by atoms with Crippen LogP contribution in [0.25, 0.3) is 11.1 Å². The molecule has 0 bridgehead atoms. The van der Waals surface area contributed by atoms with Crippen LogP contribution in [0.15, 0.2) is 59.1 Å². The summed E-state index contributed by atoms with van der Waals surface area (Å²) in [4.78, 5) is 17.7. The van der Waals surface area contributed by atoms with Gasteiger partial charge >= 0.3 is 0 Å². The molecule has 2 aromatic rings. The van der Waals surface area contributed by atoms with Crippen LogP contribution in [0.3, 0.4) is 0 Å². The van der Waals surface area contributed by atoms with Crippen molar-refractivity contribution in [2.75, 3.05) is 12.4 Å². The molecule has 4 rings (SSSR count). The van der Waals surface area contributed by atoms with Crippen LogP contribution < -0.4 is 10.1 Å². The number of carbonyl (C=O) groups excluding carboxylic acids is 1. The van der Waals surface area contributed by atoms with Gasteiger partial charge < -0.3 is 15.5 Å². The smallest absolute Gasteiger partial charge is 0.200 e. The number of nitrogens with one attached hydrogen (secondary N) is 2. The van der Waals surface area contributed by atoms with Crippen molar-refractivity contribution >= 4 is 22.9 Å². The van der Waals surface area contributed by atoms with E-state index < -0.39 is 6.04 Å². The summed E-state index contributed by atoms with van der Waals surface area (Å²) < 4.78 is 20.1. The van der Waals surface area contributed by atoms with E-state index in [0.717, 1.165) is 46.5 Å². The molecule has 2 atom stereocenters. The lowest BCUT2D eigenvalue weighted by Gasteiger charge is -2.32. The van der Waals surface area contributed by atoms with Crippen molar-refractivity contribution in [3.8, 4) is 16.9 Å². The number of hydrogen-bond acceptors (Lipinski definition) is 5. The highest BCUT2D eigenvalue weighted by Gasteiger charge is 2.32. The average Bonchev–Trinajstić information content (AvgIpc) is 2.86. The third kappa shape index (κ3) is 5.32. The highest BCUT2D eigenvalue weighted by atomic mass is 19.1. The molecule has 5 nitrogen and oxygen atoms in total. The van der Waals surface area contributed by atoms with E-state index >= 15 is 0 Å². The maximum atomic E-state index is 14.2. The Hall–Kier alpha value is -3.54. The SMILES string of the molecule is CC=CC=C(CC)C1CC(=NC2CCCC(=N)C2=O)c2cc(-c3cc(C)cc(F)c3)cc(OC)c2N1. The molecule has 0 spiro atoms. The van der Waals surface area contributed by atoms with Crippen molar-refractivity contribution in [2.45, 2.75) is 65.0 Å². The van der Waals surface area contributed by atoms with Crippen molar-refractivity contribution in [1.29, 1.82) is 5.41 Å². The Morgan fingerprint density at radius 1 is 1.25 bits per heavy atom. The Morgan fingerprint density at radius 3 is 2.72 bits per heavy atom. The van der Waals surface area contributed by atoms with Crippen molar-refractivity contribution in [3.05, 3.63) is 71.1 Å². The Balaban J connectivity index is 1.88. The molecule has 188 valence electrons. The maximum Gasteiger partial charge on any atom is 0.200 e. The van der Waals surface area contributed by atoms with Crippen LogP contribution in [-0.2, 0) is 4.79 Å². The summed E-state index contributed by atoms with van der Waals surface area (Å²) in [5, 5.41) is 11.7. The van der Waals surface area contributed by atoms with E-state index in [4.69, 9.17) is 15.1 Å². The van der Waals surface area contributed by atoms with Gasteiger partial charge in [-0.1, -0.05) is 31.2 Å². The first-order chi connectivity index (χ1) is 17.3. The highest BCUT2D eigenvalue weighted by Crippen LogP contribution is 2.40. The maximum absolute atomic E-state index is 14.2. The number of aryl methyl sites for hydroxylation is 1. The zero-order chi connectivity index (χ0) is 25.8. The number of Topliss-reactive ketones (excluding diaryl/α,β-unsaturated/α-hetero) is 1. The van der Waals surface area contributed by atoms with Gasteiger partial charge in [0.25, 0.3) is 0 Å². The van der Waals surface area contributed by atoms with Gasteiger partial charge in [0, 0.05) is 17.7 Å². The van der Waals surface area contributed by atoms with Crippen LogP contribution in [0, 0.1) is 18.2 Å². The number of rotatable bonds is 6. The molecule has 2 N–H and O–H groups in total. The number of methoxy groups -OCH3 is 1. The molecule has 1 aliphatic carbocycles. The summed E-state index contributed by atoms with van der Waals surface area (Å²) in [5.41, 5.74) is 6.29. The molecule has 2 unspecified atom stereocenters. The molecule has 1 saturated carbocycles. The van der Waals surface area contributed by atoms with E-state index in [-0.39, 0.29) is 23.4 Å². The van der Waals surface area contributed by atoms with Crippen LogP contribution in [0.4, 0.5) is 10.1 Å². The monoisotopic (exact) mass is 487 g/mol. The average molecular weight is 488 g/mol. The highest BCUT2D eigenvalue weighted by molar-refractivity contribution is 6.41. The lowest BCUT2D eigenvalue weighted by atomic mass is 9.87. The predicted octanol–water partition coefficient (Wildman–Crippen LogP) is 6.84. The van der Waals surface area contributed by atoms with Crippen molar-refractivity contribution in [2.24, 2.45) is 4.99 Å². The standard InChI is InChI=1S/C30H34FN3O2/c1-5-7-9-19(6-2)26-17-27(33-25-11-8-10-24(32)30(25)35)23-15-21(16-28(36-4)29(23)34-26)20-12-18(3)13-22(31)14-20/h5,7,9,12-16,25-26,32,34H,6,8,10-11,17H2,1-4H3. The van der Waals surface area contributed by atoms with Crippen LogP contribution in [0.2, 0.25) is 0 Å². The van der Waals surface area contributed by atoms with Crippen LogP contribution in [0.5, 0.6) is 5.75 Å². The first kappa shape index (κ1) is 25.5. The molecule has 2 aromatic carbocycles. The summed E-state index contributed by atoms with van der Waals surface area (Å²) in [6, 6.07) is 8.35. The second-order valence-electron chi connectivity index (χ2n) is 9.47. The largest absolute Gasteiger partial charge is 0.495 e. The van der Waals surface area contributed by atoms with Crippen molar-refractivity contribution < 1.29 is 13.9 Å². The van der Waals surface area contributed by atoms with E-state index in [1.807, 2.05) is 44.2 Å². The third-order valence-electron chi connectivity index (χ3n) is 6.90. The van der Waals surface area contributed by atoms with Gasteiger partial charge in [0.05, 0.1) is 24.6 Å². The van der Waals surface area contributed by atoms with Gasteiger partial charge in [-0.15, -0.1) is 0 Å². The minimum Gasteiger partial charge on any atom is -0.495 e. The Bertz CT molecular complexity index is 1250. The number of ether oxygens (including phenoxy) is 1. The third-order valence-corrected chi connectivity index (χ3v) is 6.90. The summed E-state index contributed by atoms with van der Waals surface area (Å²) >= 11 is 0. The molecule has 1 fully saturated rings. The van der Waals surface area contributed by atoms with E-state index in [9.17, 15) is 9.18 Å². The van der Waals surface area contributed by atoms with Gasteiger partial charge in [-0.3, -0.25) is 9.79 Å². The normalized spacial score (nSPS) is 21.6. The number of hydrogen-bond donors (Lipinski definition) is 2. The molecule has 36 heavy (non-hydrogen) atoms. The number of anilines is 1. The molecule has 0 radical (unpaired) electrons. The van der Waals surface area contributed by atoms with E-state index in [2.05, 4.69) is 18.3 Å². The zero-order valence-electron chi connectivity index (χ0n) is 21.5. The summed E-state index contributed by atoms with van der Waals surface area (Å²) in [6.45, 7) is 5.98. The molecular formula is C30H34FN3O2. The molecule has 0 saturated heterocycles. The number of ketones is 1. The lowest BCUT2D eigenvalue weighted by Crippen LogP contribution is -2.35. The fourth-order valence-corrected chi connectivity index (χ4v) is 5.04. The fraction of sp³-hybridized carbons (Fsp3) is 0.367. The molecule has 1 aliphatic heterocycles. The Kier molecular flexibility index (Phi) is 7.82. The van der Waals surface area contributed by atoms with Crippen molar-refractivity contribution in [1.82, 2.24) is 0 Å². The number of nitrogens with zero attached hydrogens (tertiary/aromatic N) is 1.